The molecule has 0 radical (unpaired) electrons. The number of fused-ring (bicyclic) bond motifs is 1. The standard InChI is InChI=1S/C23H32FN3O/c1-16(2)17-3-6-20(7-4-17)26-11-9-21(10-12-26)27-15-18(14-25-28)22-13-19(24)5-8-23(22)27/h5,8,13-17,20-21,28H,3-4,6-7,9-12H2,1-2H3/t17-,20+. The lowest BCUT2D eigenvalue weighted by Crippen LogP contribution is -2.43. The SMILES string of the molecule is CC(C)[C@H]1CC[C@@H](N2CCC(n3cc(C=NO)c4cc(F)ccc43)CC2)CC1. The van der Waals surface area contributed by atoms with Gasteiger partial charge in [0, 0.05) is 47.8 Å². The van der Waals surface area contributed by atoms with E-state index in [1.54, 1.807) is 0 Å². The van der Waals surface area contributed by atoms with Crippen molar-refractivity contribution in [2.24, 2.45) is 17.0 Å². The molecular weight excluding hydrogens is 353 g/mol. The molecule has 0 spiro atoms. The van der Waals surface area contributed by atoms with E-state index in [4.69, 9.17) is 5.21 Å². The molecule has 0 amide bonds. The lowest BCUT2D eigenvalue weighted by atomic mass is 9.79. The van der Waals surface area contributed by atoms with Crippen molar-refractivity contribution in [1.29, 1.82) is 0 Å². The minimum atomic E-state index is -0.260. The first-order valence-electron chi connectivity index (χ1n) is 10.8. The number of halogens is 1. The first-order chi connectivity index (χ1) is 13.6. The Kier molecular flexibility index (Phi) is 5.72. The molecule has 152 valence electrons. The van der Waals surface area contributed by atoms with Crippen LogP contribution in [0.1, 0.15) is 64.0 Å². The lowest BCUT2D eigenvalue weighted by molar-refractivity contribution is 0.0894. The van der Waals surface area contributed by atoms with Crippen LogP contribution in [0.2, 0.25) is 0 Å². The number of piperidine rings is 1. The monoisotopic (exact) mass is 385 g/mol. The number of aromatic nitrogens is 1. The Bertz CT molecular complexity index is 828. The second kappa shape index (κ2) is 8.24. The van der Waals surface area contributed by atoms with Crippen molar-refractivity contribution in [2.75, 3.05) is 13.1 Å². The third-order valence-corrected chi connectivity index (χ3v) is 7.12. The van der Waals surface area contributed by atoms with Crippen LogP contribution in [0.15, 0.2) is 29.6 Å². The van der Waals surface area contributed by atoms with E-state index in [0.29, 0.717) is 6.04 Å². The first kappa shape index (κ1) is 19.4. The normalized spacial score (nSPS) is 25.3. The molecule has 2 fully saturated rings. The summed E-state index contributed by atoms with van der Waals surface area (Å²) in [7, 11) is 0. The summed E-state index contributed by atoms with van der Waals surface area (Å²) in [5.41, 5.74) is 1.79. The Morgan fingerprint density at radius 1 is 1.07 bits per heavy atom. The fourth-order valence-electron chi connectivity index (χ4n) is 5.38. The molecule has 4 nitrogen and oxygen atoms in total. The summed E-state index contributed by atoms with van der Waals surface area (Å²) in [6, 6.07) is 6.06. The van der Waals surface area contributed by atoms with Crippen LogP contribution in [0.5, 0.6) is 0 Å². The van der Waals surface area contributed by atoms with Gasteiger partial charge < -0.3 is 14.7 Å². The maximum absolute atomic E-state index is 13.7. The fourth-order valence-corrected chi connectivity index (χ4v) is 5.38. The number of rotatable bonds is 4. The number of benzene rings is 1. The molecule has 1 aliphatic heterocycles. The second-order valence-electron chi connectivity index (χ2n) is 8.98. The summed E-state index contributed by atoms with van der Waals surface area (Å²) in [5.74, 6) is 1.46. The average Bonchev–Trinajstić information content (AvgIpc) is 3.06. The van der Waals surface area contributed by atoms with Gasteiger partial charge in [-0.3, -0.25) is 0 Å². The smallest absolute Gasteiger partial charge is 0.123 e. The maximum Gasteiger partial charge on any atom is 0.123 e. The van der Waals surface area contributed by atoms with Crippen LogP contribution < -0.4 is 0 Å². The molecular formula is C23H32FN3O. The lowest BCUT2D eigenvalue weighted by Gasteiger charge is -2.42. The van der Waals surface area contributed by atoms with Gasteiger partial charge >= 0.3 is 0 Å². The van der Waals surface area contributed by atoms with Crippen LogP contribution >= 0.6 is 0 Å². The molecule has 2 aromatic rings. The molecule has 4 rings (SSSR count). The van der Waals surface area contributed by atoms with Crippen LogP contribution in [-0.2, 0) is 0 Å². The van der Waals surface area contributed by atoms with E-state index >= 15 is 0 Å². The first-order valence-corrected chi connectivity index (χ1v) is 10.8. The second-order valence-corrected chi connectivity index (χ2v) is 8.98. The van der Waals surface area contributed by atoms with E-state index in [1.807, 2.05) is 12.3 Å². The largest absolute Gasteiger partial charge is 0.411 e. The van der Waals surface area contributed by atoms with E-state index in [1.165, 1.54) is 44.0 Å². The predicted molar refractivity (Wildman–Crippen MR) is 112 cm³/mol. The van der Waals surface area contributed by atoms with Gasteiger partial charge in [-0.2, -0.15) is 0 Å². The average molecular weight is 386 g/mol. The summed E-state index contributed by atoms with van der Waals surface area (Å²) in [6.07, 6.45) is 11.1. The van der Waals surface area contributed by atoms with Crippen LogP contribution in [0.4, 0.5) is 4.39 Å². The Labute approximate surface area is 167 Å². The topological polar surface area (TPSA) is 40.8 Å². The molecule has 1 saturated heterocycles. The Morgan fingerprint density at radius 2 is 1.79 bits per heavy atom. The quantitative estimate of drug-likeness (QED) is 0.432. The van der Waals surface area contributed by atoms with Gasteiger partial charge in [-0.1, -0.05) is 19.0 Å². The summed E-state index contributed by atoms with van der Waals surface area (Å²) in [5, 5.41) is 12.9. The molecule has 0 bridgehead atoms. The summed E-state index contributed by atoms with van der Waals surface area (Å²) in [4.78, 5) is 2.70. The Hall–Kier alpha value is -1.88. The van der Waals surface area contributed by atoms with Gasteiger partial charge in [0.2, 0.25) is 0 Å². The highest BCUT2D eigenvalue weighted by Gasteiger charge is 2.30. The van der Waals surface area contributed by atoms with E-state index in [-0.39, 0.29) is 5.82 Å². The summed E-state index contributed by atoms with van der Waals surface area (Å²) in [6.45, 7) is 6.98. The summed E-state index contributed by atoms with van der Waals surface area (Å²) < 4.78 is 16.0. The van der Waals surface area contributed by atoms with Gasteiger partial charge in [-0.15, -0.1) is 0 Å². The van der Waals surface area contributed by atoms with E-state index in [2.05, 4.69) is 28.5 Å². The molecule has 2 aliphatic rings. The molecule has 1 saturated carbocycles. The number of nitrogens with zero attached hydrogens (tertiary/aromatic N) is 3. The highest BCUT2D eigenvalue weighted by Crippen LogP contribution is 2.35. The molecule has 0 atom stereocenters. The zero-order chi connectivity index (χ0) is 19.7. The molecule has 1 aliphatic carbocycles. The van der Waals surface area contributed by atoms with Crippen molar-refractivity contribution in [3.63, 3.8) is 0 Å². The van der Waals surface area contributed by atoms with Crippen molar-refractivity contribution < 1.29 is 9.60 Å². The van der Waals surface area contributed by atoms with Crippen LogP contribution in [-0.4, -0.2) is 40.0 Å². The molecule has 2 heterocycles. The maximum atomic E-state index is 13.7. The number of hydrogen-bond acceptors (Lipinski definition) is 3. The van der Waals surface area contributed by atoms with Gasteiger partial charge in [-0.25, -0.2) is 4.39 Å². The number of oxime groups is 1. The van der Waals surface area contributed by atoms with Crippen molar-refractivity contribution in [3.8, 4) is 0 Å². The highest BCUT2D eigenvalue weighted by atomic mass is 19.1. The molecule has 1 aromatic heterocycles. The predicted octanol–water partition coefficient (Wildman–Crippen LogP) is 5.44. The zero-order valence-corrected chi connectivity index (χ0v) is 17.0. The molecule has 5 heteroatoms. The fraction of sp³-hybridized carbons (Fsp3) is 0.609. The molecule has 28 heavy (non-hydrogen) atoms. The third kappa shape index (κ3) is 3.82. The zero-order valence-electron chi connectivity index (χ0n) is 17.0. The number of likely N-dealkylation sites (tertiary alicyclic amines) is 1. The molecule has 1 N–H and O–H groups in total. The Balaban J connectivity index is 1.44. The highest BCUT2D eigenvalue weighted by molar-refractivity contribution is 5.99. The van der Waals surface area contributed by atoms with Crippen molar-refractivity contribution in [1.82, 2.24) is 9.47 Å². The van der Waals surface area contributed by atoms with Gasteiger partial charge in [0.25, 0.3) is 0 Å². The third-order valence-electron chi connectivity index (χ3n) is 7.12. The van der Waals surface area contributed by atoms with E-state index in [9.17, 15) is 4.39 Å². The van der Waals surface area contributed by atoms with E-state index < -0.39 is 0 Å². The summed E-state index contributed by atoms with van der Waals surface area (Å²) >= 11 is 0. The van der Waals surface area contributed by atoms with Crippen molar-refractivity contribution in [2.45, 2.75) is 64.5 Å². The van der Waals surface area contributed by atoms with Crippen molar-refractivity contribution >= 4 is 17.1 Å². The van der Waals surface area contributed by atoms with Crippen LogP contribution in [0.3, 0.4) is 0 Å². The molecule has 0 unspecified atom stereocenters. The Morgan fingerprint density at radius 3 is 2.43 bits per heavy atom. The van der Waals surface area contributed by atoms with Gasteiger partial charge in [-0.05, 0) is 68.6 Å². The van der Waals surface area contributed by atoms with Gasteiger partial charge in [0.15, 0.2) is 0 Å². The van der Waals surface area contributed by atoms with Crippen molar-refractivity contribution in [3.05, 3.63) is 35.8 Å². The van der Waals surface area contributed by atoms with Crippen LogP contribution in [0, 0.1) is 17.7 Å². The van der Waals surface area contributed by atoms with Crippen LogP contribution in [0.25, 0.3) is 10.9 Å². The van der Waals surface area contributed by atoms with E-state index in [0.717, 1.165) is 60.3 Å². The minimum Gasteiger partial charge on any atom is -0.411 e. The van der Waals surface area contributed by atoms with Gasteiger partial charge in [0.05, 0.1) is 6.21 Å². The van der Waals surface area contributed by atoms with Gasteiger partial charge in [0.1, 0.15) is 5.82 Å². The molecule has 1 aromatic carbocycles. The number of hydrogen-bond donors (Lipinski definition) is 1. The minimum absolute atomic E-state index is 0.260.